The first kappa shape index (κ1) is 18.2. The van der Waals surface area contributed by atoms with Crippen molar-refractivity contribution in [1.82, 2.24) is 5.32 Å². The van der Waals surface area contributed by atoms with E-state index in [1.807, 2.05) is 0 Å². The smallest absolute Gasteiger partial charge is 0.338 e. The summed E-state index contributed by atoms with van der Waals surface area (Å²) < 4.78 is 15.4. The first-order valence-electron chi connectivity index (χ1n) is 8.21. The van der Waals surface area contributed by atoms with Gasteiger partial charge in [-0.15, -0.1) is 0 Å². The number of carbonyl (C=O) groups is 3. The van der Waals surface area contributed by atoms with Crippen LogP contribution in [0.4, 0.5) is 5.69 Å². The molecule has 0 atom stereocenters. The van der Waals surface area contributed by atoms with E-state index in [0.717, 1.165) is 5.56 Å². The molecular formula is C19H18N2O6. The van der Waals surface area contributed by atoms with Crippen molar-refractivity contribution in [3.05, 3.63) is 53.6 Å². The highest BCUT2D eigenvalue weighted by Crippen LogP contribution is 2.34. The fourth-order valence-corrected chi connectivity index (χ4v) is 2.37. The van der Waals surface area contributed by atoms with Crippen LogP contribution in [0.2, 0.25) is 0 Å². The minimum Gasteiger partial charge on any atom is -0.454 e. The Morgan fingerprint density at radius 1 is 1.04 bits per heavy atom. The Hall–Kier alpha value is -3.55. The van der Waals surface area contributed by atoms with Crippen molar-refractivity contribution in [2.45, 2.75) is 13.5 Å². The fraction of sp³-hybridized carbons (Fsp3) is 0.211. The lowest BCUT2D eigenvalue weighted by atomic mass is 10.1. The van der Waals surface area contributed by atoms with Crippen LogP contribution < -0.4 is 20.1 Å². The number of carbonyl (C=O) groups excluding carboxylic acids is 3. The maximum absolute atomic E-state index is 12.0. The molecule has 0 spiro atoms. The molecule has 140 valence electrons. The van der Waals surface area contributed by atoms with E-state index in [-0.39, 0.29) is 12.7 Å². The lowest BCUT2D eigenvalue weighted by Gasteiger charge is -2.08. The van der Waals surface area contributed by atoms with Crippen molar-refractivity contribution in [3.63, 3.8) is 0 Å². The molecule has 0 bridgehead atoms. The van der Waals surface area contributed by atoms with E-state index in [2.05, 4.69) is 10.6 Å². The minimum absolute atomic E-state index is 0.132. The maximum atomic E-state index is 12.0. The number of amides is 2. The van der Waals surface area contributed by atoms with Crippen molar-refractivity contribution in [1.29, 1.82) is 0 Å². The van der Waals surface area contributed by atoms with Gasteiger partial charge in [0.15, 0.2) is 18.1 Å². The highest BCUT2D eigenvalue weighted by molar-refractivity contribution is 5.95. The standard InChI is InChI=1S/C19H18N2O6/c1-12(22)20-9-13-2-4-14(5-3-13)19(24)25-10-18(23)21-15-6-7-16-17(8-15)27-11-26-16/h2-8H,9-11H2,1H3,(H,20,22)(H,21,23). The molecule has 2 N–H and O–H groups in total. The van der Waals surface area contributed by atoms with Crippen LogP contribution >= 0.6 is 0 Å². The first-order valence-corrected chi connectivity index (χ1v) is 8.21. The zero-order valence-electron chi connectivity index (χ0n) is 14.6. The molecule has 1 aliphatic rings. The van der Waals surface area contributed by atoms with Crippen LogP contribution in [0.15, 0.2) is 42.5 Å². The number of fused-ring (bicyclic) bond motifs is 1. The molecule has 8 heteroatoms. The number of hydrogen-bond acceptors (Lipinski definition) is 6. The molecule has 1 aliphatic heterocycles. The summed E-state index contributed by atoms with van der Waals surface area (Å²) in [6, 6.07) is 11.6. The van der Waals surface area contributed by atoms with Crippen molar-refractivity contribution < 1.29 is 28.6 Å². The number of esters is 1. The average molecular weight is 370 g/mol. The van der Waals surface area contributed by atoms with E-state index in [0.29, 0.717) is 29.3 Å². The molecule has 0 saturated heterocycles. The summed E-state index contributed by atoms with van der Waals surface area (Å²) >= 11 is 0. The molecule has 0 radical (unpaired) electrons. The van der Waals surface area contributed by atoms with Crippen LogP contribution in [0.25, 0.3) is 0 Å². The minimum atomic E-state index is -0.609. The van der Waals surface area contributed by atoms with Gasteiger partial charge in [-0.1, -0.05) is 12.1 Å². The molecule has 2 amide bonds. The van der Waals surface area contributed by atoms with Crippen LogP contribution in [0.3, 0.4) is 0 Å². The molecule has 27 heavy (non-hydrogen) atoms. The molecule has 2 aromatic rings. The predicted molar refractivity (Wildman–Crippen MR) is 95.4 cm³/mol. The summed E-state index contributed by atoms with van der Waals surface area (Å²) in [6.45, 7) is 1.54. The third-order valence-corrected chi connectivity index (χ3v) is 3.72. The quantitative estimate of drug-likeness (QED) is 0.752. The second kappa shape index (κ2) is 8.22. The van der Waals surface area contributed by atoms with Crippen molar-refractivity contribution >= 4 is 23.5 Å². The lowest BCUT2D eigenvalue weighted by molar-refractivity contribution is -0.119. The van der Waals surface area contributed by atoms with Gasteiger partial charge in [0, 0.05) is 25.2 Å². The first-order chi connectivity index (χ1) is 13.0. The van der Waals surface area contributed by atoms with E-state index in [1.54, 1.807) is 42.5 Å². The average Bonchev–Trinajstić information content (AvgIpc) is 3.12. The van der Waals surface area contributed by atoms with Crippen LogP contribution in [-0.2, 0) is 20.9 Å². The van der Waals surface area contributed by atoms with Gasteiger partial charge in [-0.05, 0) is 29.8 Å². The SMILES string of the molecule is CC(=O)NCc1ccc(C(=O)OCC(=O)Nc2ccc3c(c2)OCO3)cc1. The van der Waals surface area contributed by atoms with Gasteiger partial charge in [0.25, 0.3) is 5.91 Å². The topological polar surface area (TPSA) is 103 Å². The van der Waals surface area contributed by atoms with E-state index in [1.165, 1.54) is 6.92 Å². The Kier molecular flexibility index (Phi) is 5.55. The van der Waals surface area contributed by atoms with Crippen molar-refractivity contribution in [2.75, 3.05) is 18.7 Å². The monoisotopic (exact) mass is 370 g/mol. The van der Waals surface area contributed by atoms with E-state index in [9.17, 15) is 14.4 Å². The largest absolute Gasteiger partial charge is 0.454 e. The summed E-state index contributed by atoms with van der Waals surface area (Å²) in [6.07, 6.45) is 0. The van der Waals surface area contributed by atoms with Crippen LogP contribution in [0, 0.1) is 0 Å². The normalized spacial score (nSPS) is 11.6. The van der Waals surface area contributed by atoms with E-state index >= 15 is 0 Å². The highest BCUT2D eigenvalue weighted by atomic mass is 16.7. The zero-order valence-corrected chi connectivity index (χ0v) is 14.6. The number of benzene rings is 2. The van der Waals surface area contributed by atoms with Gasteiger partial charge in [0.05, 0.1) is 5.56 Å². The number of nitrogens with one attached hydrogen (secondary N) is 2. The molecule has 8 nitrogen and oxygen atoms in total. The zero-order chi connectivity index (χ0) is 19.2. The van der Waals surface area contributed by atoms with E-state index in [4.69, 9.17) is 14.2 Å². The fourth-order valence-electron chi connectivity index (χ4n) is 2.37. The van der Waals surface area contributed by atoms with Gasteiger partial charge in [-0.3, -0.25) is 9.59 Å². The van der Waals surface area contributed by atoms with Gasteiger partial charge >= 0.3 is 5.97 Å². The van der Waals surface area contributed by atoms with Gasteiger partial charge in [0.2, 0.25) is 12.7 Å². The van der Waals surface area contributed by atoms with Crippen molar-refractivity contribution in [2.24, 2.45) is 0 Å². The van der Waals surface area contributed by atoms with Crippen molar-refractivity contribution in [3.8, 4) is 11.5 Å². The predicted octanol–water partition coefficient (Wildman–Crippen LogP) is 1.85. The lowest BCUT2D eigenvalue weighted by Crippen LogP contribution is -2.21. The molecular weight excluding hydrogens is 352 g/mol. The summed E-state index contributed by atoms with van der Waals surface area (Å²) in [7, 11) is 0. The number of ether oxygens (including phenoxy) is 3. The van der Waals surface area contributed by atoms with Gasteiger partial charge in [-0.2, -0.15) is 0 Å². The van der Waals surface area contributed by atoms with Crippen LogP contribution in [0.5, 0.6) is 11.5 Å². The second-order valence-electron chi connectivity index (χ2n) is 5.80. The van der Waals surface area contributed by atoms with Crippen LogP contribution in [-0.4, -0.2) is 31.2 Å². The summed E-state index contributed by atoms with van der Waals surface area (Å²) in [4.78, 5) is 34.9. The Balaban J connectivity index is 1.48. The Morgan fingerprint density at radius 3 is 2.52 bits per heavy atom. The Bertz CT molecular complexity index is 863. The number of rotatable bonds is 6. The number of anilines is 1. The molecule has 3 rings (SSSR count). The molecule has 0 aromatic heterocycles. The molecule has 0 saturated carbocycles. The third kappa shape index (κ3) is 4.97. The maximum Gasteiger partial charge on any atom is 0.338 e. The van der Waals surface area contributed by atoms with Gasteiger partial charge < -0.3 is 24.8 Å². The molecule has 0 unspecified atom stereocenters. The highest BCUT2D eigenvalue weighted by Gasteiger charge is 2.15. The molecule has 0 aliphatic carbocycles. The third-order valence-electron chi connectivity index (χ3n) is 3.72. The van der Waals surface area contributed by atoms with Gasteiger partial charge in [-0.25, -0.2) is 4.79 Å². The van der Waals surface area contributed by atoms with Crippen LogP contribution in [0.1, 0.15) is 22.8 Å². The number of hydrogen-bond donors (Lipinski definition) is 2. The van der Waals surface area contributed by atoms with Gasteiger partial charge in [0.1, 0.15) is 0 Å². The Morgan fingerprint density at radius 2 is 1.78 bits per heavy atom. The second-order valence-corrected chi connectivity index (χ2v) is 5.80. The molecule has 0 fully saturated rings. The molecule has 1 heterocycles. The summed E-state index contributed by atoms with van der Waals surface area (Å²) in [5.74, 6) is -0.0520. The van der Waals surface area contributed by atoms with E-state index < -0.39 is 18.5 Å². The summed E-state index contributed by atoms with van der Waals surface area (Å²) in [5, 5.41) is 5.29. The molecule has 2 aromatic carbocycles. The summed E-state index contributed by atoms with van der Waals surface area (Å²) in [5.41, 5.74) is 1.68. The Labute approximate surface area is 155 Å².